The molecular formula is C12H13NOS2. The predicted molar refractivity (Wildman–Crippen MR) is 71.4 cm³/mol. The molecule has 16 heavy (non-hydrogen) atoms. The van der Waals surface area contributed by atoms with Gasteiger partial charge >= 0.3 is 0 Å². The van der Waals surface area contributed by atoms with Gasteiger partial charge in [-0.25, -0.2) is 0 Å². The number of rotatable bonds is 5. The van der Waals surface area contributed by atoms with Gasteiger partial charge in [-0.05, 0) is 23.6 Å². The van der Waals surface area contributed by atoms with E-state index in [0.29, 0.717) is 6.61 Å². The zero-order chi connectivity index (χ0) is 11.2. The fraction of sp³-hybridized carbons (Fsp3) is 0.167. The molecule has 1 heterocycles. The lowest BCUT2D eigenvalue weighted by molar-refractivity contribution is 0.344. The third-order valence-electron chi connectivity index (χ3n) is 1.95. The molecule has 2 N–H and O–H groups in total. The highest BCUT2D eigenvalue weighted by Crippen LogP contribution is 2.23. The minimum atomic E-state index is 0.700. The zero-order valence-electron chi connectivity index (χ0n) is 8.76. The van der Waals surface area contributed by atoms with Crippen LogP contribution in [0, 0.1) is 0 Å². The van der Waals surface area contributed by atoms with E-state index in [9.17, 15) is 0 Å². The van der Waals surface area contributed by atoms with E-state index in [2.05, 4.69) is 17.5 Å². The third-order valence-corrected chi connectivity index (χ3v) is 4.04. The number of benzene rings is 1. The van der Waals surface area contributed by atoms with Crippen molar-refractivity contribution in [1.82, 2.24) is 0 Å². The second-order valence-electron chi connectivity index (χ2n) is 3.20. The smallest absolute Gasteiger partial charge is 0.121 e. The fourth-order valence-corrected chi connectivity index (χ4v) is 2.93. The summed E-state index contributed by atoms with van der Waals surface area (Å²) in [5.74, 6) is 1.79. The van der Waals surface area contributed by atoms with Gasteiger partial charge in [-0.1, -0.05) is 12.1 Å². The van der Waals surface area contributed by atoms with E-state index in [4.69, 9.17) is 10.5 Å². The van der Waals surface area contributed by atoms with Gasteiger partial charge in [0.2, 0.25) is 0 Å². The minimum Gasteiger partial charge on any atom is -0.493 e. The Hall–Kier alpha value is -1.13. The van der Waals surface area contributed by atoms with E-state index in [0.717, 1.165) is 17.2 Å². The predicted octanol–water partition coefficient (Wildman–Crippen LogP) is 3.50. The second kappa shape index (κ2) is 5.82. The first-order valence-electron chi connectivity index (χ1n) is 4.99. The number of anilines is 1. The van der Waals surface area contributed by atoms with Crippen LogP contribution in [0.5, 0.6) is 5.75 Å². The molecule has 0 fully saturated rings. The molecule has 0 radical (unpaired) electrons. The molecular weight excluding hydrogens is 238 g/mol. The third kappa shape index (κ3) is 3.47. The molecule has 1 aromatic carbocycles. The lowest BCUT2D eigenvalue weighted by atomic mass is 10.3. The van der Waals surface area contributed by atoms with Crippen LogP contribution in [0.25, 0.3) is 0 Å². The van der Waals surface area contributed by atoms with Crippen molar-refractivity contribution < 1.29 is 4.74 Å². The van der Waals surface area contributed by atoms with Crippen molar-refractivity contribution in [3.8, 4) is 5.75 Å². The number of ether oxygens (including phenoxy) is 1. The van der Waals surface area contributed by atoms with Crippen molar-refractivity contribution in [1.29, 1.82) is 0 Å². The molecule has 4 heteroatoms. The van der Waals surface area contributed by atoms with Crippen LogP contribution in [0.3, 0.4) is 0 Å². The molecule has 0 unspecified atom stereocenters. The number of hydrogen-bond donors (Lipinski definition) is 1. The fourth-order valence-electron chi connectivity index (χ4n) is 1.25. The number of thiophene rings is 1. The first-order chi connectivity index (χ1) is 7.84. The Balaban J connectivity index is 1.72. The van der Waals surface area contributed by atoms with Crippen LogP contribution in [0.1, 0.15) is 0 Å². The summed E-state index contributed by atoms with van der Waals surface area (Å²) < 4.78 is 6.92. The molecule has 2 nitrogen and oxygen atoms in total. The Morgan fingerprint density at radius 1 is 1.25 bits per heavy atom. The summed E-state index contributed by atoms with van der Waals surface area (Å²) in [5.41, 5.74) is 6.40. The van der Waals surface area contributed by atoms with E-state index in [-0.39, 0.29) is 0 Å². The first kappa shape index (κ1) is 11.4. The van der Waals surface area contributed by atoms with Crippen LogP contribution in [-0.2, 0) is 0 Å². The van der Waals surface area contributed by atoms with Crippen LogP contribution in [0.15, 0.2) is 46.0 Å². The number of hydrogen-bond acceptors (Lipinski definition) is 4. The van der Waals surface area contributed by atoms with Crippen molar-refractivity contribution in [3.63, 3.8) is 0 Å². The van der Waals surface area contributed by atoms with Crippen LogP contribution in [-0.4, -0.2) is 12.4 Å². The molecule has 0 aliphatic carbocycles. The summed E-state index contributed by atoms with van der Waals surface area (Å²) in [6.07, 6.45) is 0. The Labute approximate surface area is 103 Å². The number of thioether (sulfide) groups is 1. The summed E-state index contributed by atoms with van der Waals surface area (Å²) in [5, 5.41) is 2.08. The molecule has 84 valence electrons. The zero-order valence-corrected chi connectivity index (χ0v) is 10.4. The molecule has 0 bridgehead atoms. The Bertz CT molecular complexity index is 428. The standard InChI is InChI=1S/C12H13NOS2/c13-10-3-1-4-11(9-10)14-6-8-16-12-5-2-7-15-12/h1-5,7,9H,6,8,13H2. The van der Waals surface area contributed by atoms with E-state index < -0.39 is 0 Å². The highest BCUT2D eigenvalue weighted by Gasteiger charge is 1.96. The molecule has 0 amide bonds. The maximum Gasteiger partial charge on any atom is 0.121 e. The molecule has 0 aliphatic heterocycles. The summed E-state index contributed by atoms with van der Waals surface area (Å²) in [7, 11) is 0. The van der Waals surface area contributed by atoms with Crippen LogP contribution in [0.4, 0.5) is 5.69 Å². The summed E-state index contributed by atoms with van der Waals surface area (Å²) >= 11 is 3.57. The average molecular weight is 251 g/mol. The van der Waals surface area contributed by atoms with Crippen molar-refractivity contribution in [2.75, 3.05) is 18.1 Å². The summed E-state index contributed by atoms with van der Waals surface area (Å²) in [6, 6.07) is 11.7. The van der Waals surface area contributed by atoms with E-state index in [1.807, 2.05) is 36.0 Å². The van der Waals surface area contributed by atoms with Crippen molar-refractivity contribution in [2.45, 2.75) is 4.21 Å². The maximum absolute atomic E-state index is 5.66. The molecule has 2 rings (SSSR count). The molecule has 0 aliphatic rings. The van der Waals surface area contributed by atoms with Gasteiger partial charge in [0.1, 0.15) is 5.75 Å². The van der Waals surface area contributed by atoms with E-state index in [1.165, 1.54) is 4.21 Å². The van der Waals surface area contributed by atoms with E-state index >= 15 is 0 Å². The van der Waals surface area contributed by atoms with E-state index in [1.54, 1.807) is 11.3 Å². The molecule has 0 saturated carbocycles. The SMILES string of the molecule is Nc1cccc(OCCSc2cccs2)c1. The largest absolute Gasteiger partial charge is 0.493 e. The van der Waals surface area contributed by atoms with Crippen LogP contribution in [0.2, 0.25) is 0 Å². The van der Waals surface area contributed by atoms with Gasteiger partial charge in [-0.3, -0.25) is 0 Å². The minimum absolute atomic E-state index is 0.700. The van der Waals surface area contributed by atoms with Gasteiger partial charge in [0.15, 0.2) is 0 Å². The Kier molecular flexibility index (Phi) is 4.13. The molecule has 2 aromatic rings. The Morgan fingerprint density at radius 2 is 2.19 bits per heavy atom. The Morgan fingerprint density at radius 3 is 2.94 bits per heavy atom. The van der Waals surface area contributed by atoms with Gasteiger partial charge < -0.3 is 10.5 Å². The van der Waals surface area contributed by atoms with Gasteiger partial charge in [0.05, 0.1) is 10.8 Å². The van der Waals surface area contributed by atoms with Crippen molar-refractivity contribution in [2.24, 2.45) is 0 Å². The molecule has 1 aromatic heterocycles. The van der Waals surface area contributed by atoms with Gasteiger partial charge in [-0.2, -0.15) is 0 Å². The number of nitrogen functional groups attached to an aromatic ring is 1. The number of nitrogens with two attached hydrogens (primary N) is 1. The molecule has 0 atom stereocenters. The second-order valence-corrected chi connectivity index (χ2v) is 5.54. The topological polar surface area (TPSA) is 35.2 Å². The van der Waals surface area contributed by atoms with Crippen molar-refractivity contribution >= 4 is 28.8 Å². The van der Waals surface area contributed by atoms with Crippen LogP contribution < -0.4 is 10.5 Å². The van der Waals surface area contributed by atoms with Gasteiger partial charge in [0.25, 0.3) is 0 Å². The molecule has 0 saturated heterocycles. The lowest BCUT2D eigenvalue weighted by Crippen LogP contribution is -2.00. The monoisotopic (exact) mass is 251 g/mol. The summed E-state index contributed by atoms with van der Waals surface area (Å²) in [4.78, 5) is 0. The highest BCUT2D eigenvalue weighted by atomic mass is 32.2. The van der Waals surface area contributed by atoms with Crippen LogP contribution >= 0.6 is 23.1 Å². The van der Waals surface area contributed by atoms with Gasteiger partial charge in [0, 0.05) is 17.5 Å². The quantitative estimate of drug-likeness (QED) is 0.502. The lowest BCUT2D eigenvalue weighted by Gasteiger charge is -2.05. The molecule has 0 spiro atoms. The first-order valence-corrected chi connectivity index (χ1v) is 6.86. The maximum atomic E-state index is 5.66. The normalized spacial score (nSPS) is 10.2. The average Bonchev–Trinajstić information content (AvgIpc) is 2.77. The highest BCUT2D eigenvalue weighted by molar-refractivity contribution is 8.01. The van der Waals surface area contributed by atoms with Crippen molar-refractivity contribution in [3.05, 3.63) is 41.8 Å². The van der Waals surface area contributed by atoms with Gasteiger partial charge in [-0.15, -0.1) is 23.1 Å². The summed E-state index contributed by atoms with van der Waals surface area (Å²) in [6.45, 7) is 0.700.